The van der Waals surface area contributed by atoms with E-state index in [9.17, 15) is 9.18 Å². The fourth-order valence-corrected chi connectivity index (χ4v) is 1.87. The third-order valence-electron chi connectivity index (χ3n) is 2.17. The van der Waals surface area contributed by atoms with E-state index in [2.05, 4.69) is 10.1 Å². The molecule has 0 amide bonds. The predicted molar refractivity (Wildman–Crippen MR) is 63.0 cm³/mol. The Balaban J connectivity index is 2.58. The molecule has 2 rings (SSSR count). The molecule has 0 saturated heterocycles. The quantitative estimate of drug-likeness (QED) is 0.863. The van der Waals surface area contributed by atoms with Crippen LogP contribution in [0, 0.1) is 12.7 Å². The van der Waals surface area contributed by atoms with Gasteiger partial charge in [0.2, 0.25) is 0 Å². The van der Waals surface area contributed by atoms with Crippen LogP contribution in [-0.2, 0) is 0 Å². The molecule has 0 spiro atoms. The fourth-order valence-electron chi connectivity index (χ4n) is 1.39. The first-order chi connectivity index (χ1) is 8.40. The van der Waals surface area contributed by atoms with Gasteiger partial charge in [-0.2, -0.15) is 0 Å². The highest BCUT2D eigenvalue weighted by Gasteiger charge is 2.16. The van der Waals surface area contributed by atoms with E-state index in [1.54, 1.807) is 6.92 Å². The van der Waals surface area contributed by atoms with E-state index in [4.69, 9.17) is 28.3 Å². The van der Waals surface area contributed by atoms with Gasteiger partial charge in [-0.05, 0) is 19.1 Å². The molecule has 1 aromatic carbocycles. The average Bonchev–Trinajstić information content (AvgIpc) is 2.68. The van der Waals surface area contributed by atoms with Crippen molar-refractivity contribution in [1.29, 1.82) is 0 Å². The van der Waals surface area contributed by atoms with Crippen LogP contribution in [0.2, 0.25) is 10.0 Å². The molecule has 5 nitrogen and oxygen atoms in total. The van der Waals surface area contributed by atoms with Gasteiger partial charge in [0.25, 0.3) is 5.82 Å². The third-order valence-corrected chi connectivity index (χ3v) is 2.72. The number of benzene rings is 1. The summed E-state index contributed by atoms with van der Waals surface area (Å²) in [5, 5.41) is 12.2. The molecule has 0 aliphatic carbocycles. The molecule has 0 bridgehead atoms. The van der Waals surface area contributed by atoms with Crippen molar-refractivity contribution in [2.45, 2.75) is 6.92 Å². The van der Waals surface area contributed by atoms with Crippen LogP contribution in [0.5, 0.6) is 0 Å². The van der Waals surface area contributed by atoms with Crippen LogP contribution >= 0.6 is 23.2 Å². The van der Waals surface area contributed by atoms with Crippen molar-refractivity contribution in [3.63, 3.8) is 0 Å². The molecule has 0 atom stereocenters. The maximum atomic E-state index is 13.3. The first kappa shape index (κ1) is 12.8. The zero-order valence-corrected chi connectivity index (χ0v) is 10.5. The van der Waals surface area contributed by atoms with Gasteiger partial charge in [0.15, 0.2) is 5.82 Å². The highest BCUT2D eigenvalue weighted by Crippen LogP contribution is 2.26. The smallest absolute Gasteiger partial charge is 0.375 e. The Morgan fingerprint density at radius 3 is 2.39 bits per heavy atom. The third kappa shape index (κ3) is 2.16. The molecule has 1 N–H and O–H groups in total. The van der Waals surface area contributed by atoms with Crippen molar-refractivity contribution in [2.75, 3.05) is 0 Å². The number of carbonyl (C=O) groups is 1. The summed E-state index contributed by atoms with van der Waals surface area (Å²) in [5.74, 6) is -2.02. The maximum absolute atomic E-state index is 13.3. The molecule has 0 aliphatic rings. The Hall–Kier alpha value is -1.66. The number of halogens is 3. The number of carboxylic acid groups (broad SMARTS) is 1. The summed E-state index contributed by atoms with van der Waals surface area (Å²) in [6.45, 7) is 1.56. The van der Waals surface area contributed by atoms with Gasteiger partial charge in [-0.1, -0.05) is 23.2 Å². The molecule has 8 heteroatoms. The molecular formula is C10H6Cl2FN3O2. The highest BCUT2D eigenvalue weighted by atomic mass is 35.5. The van der Waals surface area contributed by atoms with Crippen LogP contribution in [-0.4, -0.2) is 25.8 Å². The lowest BCUT2D eigenvalue weighted by atomic mass is 10.3. The van der Waals surface area contributed by atoms with E-state index in [1.165, 1.54) is 16.8 Å². The summed E-state index contributed by atoms with van der Waals surface area (Å²) in [4.78, 5) is 14.5. The number of nitrogens with zero attached hydrogens (tertiary/aromatic N) is 3. The van der Waals surface area contributed by atoms with Crippen LogP contribution in [0.15, 0.2) is 12.1 Å². The monoisotopic (exact) mass is 289 g/mol. The Bertz CT molecular complexity index is 619. The molecule has 0 radical (unpaired) electrons. The van der Waals surface area contributed by atoms with Gasteiger partial charge < -0.3 is 5.11 Å². The first-order valence-electron chi connectivity index (χ1n) is 4.72. The van der Waals surface area contributed by atoms with Gasteiger partial charge in [0.05, 0.1) is 15.7 Å². The van der Waals surface area contributed by atoms with Gasteiger partial charge in [-0.15, -0.1) is 5.10 Å². The molecule has 94 valence electrons. The van der Waals surface area contributed by atoms with E-state index in [1.807, 2.05) is 0 Å². The van der Waals surface area contributed by atoms with Gasteiger partial charge >= 0.3 is 5.97 Å². The van der Waals surface area contributed by atoms with Crippen LogP contribution in [0.3, 0.4) is 0 Å². The predicted octanol–water partition coefficient (Wildman–Crippen LogP) is 2.72. The fraction of sp³-hybridized carbons (Fsp3) is 0.100. The van der Waals surface area contributed by atoms with Crippen molar-refractivity contribution in [1.82, 2.24) is 14.8 Å². The minimum absolute atomic E-state index is 0.177. The molecule has 0 unspecified atom stereocenters. The molecule has 0 fully saturated rings. The lowest BCUT2D eigenvalue weighted by Crippen LogP contribution is -2.03. The second kappa shape index (κ2) is 4.55. The minimum Gasteiger partial charge on any atom is -0.475 e. The molecule has 0 aliphatic heterocycles. The van der Waals surface area contributed by atoms with Crippen LogP contribution in [0.4, 0.5) is 4.39 Å². The summed E-state index contributed by atoms with van der Waals surface area (Å²) in [6.07, 6.45) is 0. The maximum Gasteiger partial charge on any atom is 0.375 e. The Morgan fingerprint density at radius 1 is 1.39 bits per heavy atom. The van der Waals surface area contributed by atoms with E-state index in [0.717, 1.165) is 0 Å². The van der Waals surface area contributed by atoms with Crippen LogP contribution in [0.25, 0.3) is 5.69 Å². The number of hydrogen-bond donors (Lipinski definition) is 1. The Labute approximate surface area is 111 Å². The Kier molecular flexibility index (Phi) is 3.23. The van der Waals surface area contributed by atoms with Crippen LogP contribution in [0.1, 0.15) is 16.4 Å². The van der Waals surface area contributed by atoms with Gasteiger partial charge in [-0.3, -0.25) is 0 Å². The first-order valence-corrected chi connectivity index (χ1v) is 5.47. The highest BCUT2D eigenvalue weighted by molar-refractivity contribution is 6.35. The molecule has 18 heavy (non-hydrogen) atoms. The molecule has 2 aromatic rings. The topological polar surface area (TPSA) is 68.0 Å². The largest absolute Gasteiger partial charge is 0.475 e. The molecular weight excluding hydrogens is 284 g/mol. The van der Waals surface area contributed by atoms with Crippen molar-refractivity contribution >= 4 is 29.2 Å². The Morgan fingerprint density at radius 2 is 1.94 bits per heavy atom. The van der Waals surface area contributed by atoms with Gasteiger partial charge in [0.1, 0.15) is 5.82 Å². The van der Waals surface area contributed by atoms with E-state index in [0.29, 0.717) is 11.5 Å². The lowest BCUT2D eigenvalue weighted by molar-refractivity contribution is 0.0683. The molecule has 1 aromatic heterocycles. The number of hydrogen-bond acceptors (Lipinski definition) is 3. The average molecular weight is 290 g/mol. The minimum atomic E-state index is -1.25. The summed E-state index contributed by atoms with van der Waals surface area (Å²) in [7, 11) is 0. The number of carboxylic acids is 1. The lowest BCUT2D eigenvalue weighted by Gasteiger charge is -2.05. The van der Waals surface area contributed by atoms with Crippen molar-refractivity contribution < 1.29 is 14.3 Å². The van der Waals surface area contributed by atoms with Crippen LogP contribution < -0.4 is 0 Å². The van der Waals surface area contributed by atoms with Crippen molar-refractivity contribution in [3.8, 4) is 5.69 Å². The standard InChI is InChI=1S/C10H6Cl2FN3O2/c1-4-14-9(10(17)18)15-16(4)5-2-6(11)8(13)7(12)3-5/h2-3H,1H3,(H,17,18). The SMILES string of the molecule is Cc1nc(C(=O)O)nn1-c1cc(Cl)c(F)c(Cl)c1. The second-order valence-electron chi connectivity index (χ2n) is 3.42. The molecule has 0 saturated carbocycles. The van der Waals surface area contributed by atoms with E-state index in [-0.39, 0.29) is 15.9 Å². The number of aromatic carboxylic acids is 1. The van der Waals surface area contributed by atoms with Gasteiger partial charge in [-0.25, -0.2) is 18.9 Å². The second-order valence-corrected chi connectivity index (χ2v) is 4.24. The van der Waals surface area contributed by atoms with Crippen molar-refractivity contribution in [2.24, 2.45) is 0 Å². The normalized spacial score (nSPS) is 10.7. The summed E-state index contributed by atoms with van der Waals surface area (Å²) < 4.78 is 14.5. The summed E-state index contributed by atoms with van der Waals surface area (Å²) in [6, 6.07) is 2.58. The number of aromatic nitrogens is 3. The zero-order valence-electron chi connectivity index (χ0n) is 8.99. The number of aryl methyl sites for hydroxylation is 1. The van der Waals surface area contributed by atoms with Crippen molar-refractivity contribution in [3.05, 3.63) is 39.6 Å². The summed E-state index contributed by atoms with van der Waals surface area (Å²) in [5.41, 5.74) is 0.337. The van der Waals surface area contributed by atoms with E-state index < -0.39 is 11.8 Å². The van der Waals surface area contributed by atoms with E-state index >= 15 is 0 Å². The number of rotatable bonds is 2. The summed E-state index contributed by atoms with van der Waals surface area (Å²) >= 11 is 11.3. The van der Waals surface area contributed by atoms with Gasteiger partial charge in [0, 0.05) is 0 Å². The molecule has 1 heterocycles. The zero-order chi connectivity index (χ0) is 13.4.